The van der Waals surface area contributed by atoms with E-state index in [2.05, 4.69) is 21.3 Å². The number of carbonyl (C=O) groups is 1. The van der Waals surface area contributed by atoms with Crippen molar-refractivity contribution < 1.29 is 23.1 Å². The van der Waals surface area contributed by atoms with E-state index in [1.807, 2.05) is 29.8 Å². The topological polar surface area (TPSA) is 89.3 Å². The highest BCUT2D eigenvalue weighted by Crippen LogP contribution is 2.35. The van der Waals surface area contributed by atoms with E-state index in [1.165, 1.54) is 0 Å². The molecule has 2 atom stereocenters. The molecule has 0 saturated carbocycles. The largest absolute Gasteiger partial charge is 0.490 e. The first kappa shape index (κ1) is 19.1. The van der Waals surface area contributed by atoms with Gasteiger partial charge in [0, 0.05) is 31.6 Å². The summed E-state index contributed by atoms with van der Waals surface area (Å²) in [5.74, 6) is -2.00. The number of nitrogens with zero attached hydrogens (tertiary/aromatic N) is 3. The number of anilines is 1. The third-order valence-corrected chi connectivity index (χ3v) is 5.33. The van der Waals surface area contributed by atoms with Gasteiger partial charge in [0.2, 0.25) is 0 Å². The van der Waals surface area contributed by atoms with Gasteiger partial charge in [-0.3, -0.25) is 4.98 Å². The smallest absolute Gasteiger partial charge is 0.475 e. The Hall–Kier alpha value is -2.64. The van der Waals surface area contributed by atoms with Crippen molar-refractivity contribution >= 4 is 23.0 Å². The molecule has 142 valence electrons. The van der Waals surface area contributed by atoms with Crippen LogP contribution >= 0.6 is 11.3 Å². The summed E-state index contributed by atoms with van der Waals surface area (Å²) < 4.78 is 31.7. The summed E-state index contributed by atoms with van der Waals surface area (Å²) in [6.45, 7) is 3.23. The number of halogens is 3. The van der Waals surface area contributed by atoms with E-state index in [1.54, 1.807) is 11.3 Å². The molecule has 0 spiro atoms. The van der Waals surface area contributed by atoms with Gasteiger partial charge in [-0.25, -0.2) is 4.79 Å². The van der Waals surface area contributed by atoms with Crippen molar-refractivity contribution in [1.82, 2.24) is 10.3 Å². The number of fused-ring (bicyclic) bond motifs is 1. The van der Waals surface area contributed by atoms with Gasteiger partial charge in [-0.15, -0.1) is 11.3 Å². The van der Waals surface area contributed by atoms with Crippen LogP contribution in [0.25, 0.3) is 10.6 Å². The zero-order chi connectivity index (χ0) is 19.6. The predicted octanol–water partition coefficient (Wildman–Crippen LogP) is 2.72. The second-order valence-corrected chi connectivity index (χ2v) is 7.07. The molecule has 2 aromatic heterocycles. The van der Waals surface area contributed by atoms with Crippen LogP contribution in [0.5, 0.6) is 0 Å². The van der Waals surface area contributed by atoms with E-state index in [-0.39, 0.29) is 0 Å². The van der Waals surface area contributed by atoms with Crippen LogP contribution in [0.15, 0.2) is 29.8 Å². The van der Waals surface area contributed by atoms with Crippen LogP contribution < -0.4 is 10.2 Å². The lowest BCUT2D eigenvalue weighted by atomic mass is 9.91. The number of carboxylic acids is 1. The summed E-state index contributed by atoms with van der Waals surface area (Å²) in [4.78, 5) is 16.8. The zero-order valence-electron chi connectivity index (χ0n) is 13.9. The van der Waals surface area contributed by atoms with Gasteiger partial charge in [0.25, 0.3) is 0 Å². The molecule has 2 aliphatic heterocycles. The molecule has 6 nitrogen and oxygen atoms in total. The van der Waals surface area contributed by atoms with Crippen molar-refractivity contribution in [3.63, 3.8) is 0 Å². The minimum atomic E-state index is -5.08. The van der Waals surface area contributed by atoms with Gasteiger partial charge in [0.1, 0.15) is 6.07 Å². The highest BCUT2D eigenvalue weighted by Gasteiger charge is 2.42. The maximum atomic E-state index is 10.6. The fraction of sp³-hybridized carbons (Fsp3) is 0.353. The molecular formula is C17H15F3N4O2S. The first-order chi connectivity index (χ1) is 12.8. The predicted molar refractivity (Wildman–Crippen MR) is 93.4 cm³/mol. The molecule has 2 N–H and O–H groups in total. The van der Waals surface area contributed by atoms with Crippen molar-refractivity contribution in [1.29, 1.82) is 5.26 Å². The fourth-order valence-electron chi connectivity index (χ4n) is 3.12. The number of nitriles is 1. The van der Waals surface area contributed by atoms with Crippen LogP contribution in [0.1, 0.15) is 5.56 Å². The maximum Gasteiger partial charge on any atom is 0.490 e. The fourth-order valence-corrected chi connectivity index (χ4v) is 3.86. The third-order valence-electron chi connectivity index (χ3n) is 4.46. The average Bonchev–Trinajstić information content (AvgIpc) is 3.25. The normalized spacial score (nSPS) is 20.7. The van der Waals surface area contributed by atoms with Gasteiger partial charge in [0.05, 0.1) is 28.0 Å². The molecule has 2 aliphatic rings. The van der Waals surface area contributed by atoms with Gasteiger partial charge in [-0.2, -0.15) is 18.4 Å². The monoisotopic (exact) mass is 396 g/mol. The summed E-state index contributed by atoms with van der Waals surface area (Å²) in [5, 5.41) is 21.9. The number of aliphatic carboxylic acids is 1. The summed E-state index contributed by atoms with van der Waals surface area (Å²) in [6, 6.07) is 8.85. The number of nitrogens with one attached hydrogen (secondary N) is 1. The molecule has 0 aromatic carbocycles. The molecule has 0 radical (unpaired) electrons. The molecule has 10 heteroatoms. The molecule has 27 heavy (non-hydrogen) atoms. The molecular weight excluding hydrogens is 381 g/mol. The minimum absolute atomic E-state index is 0.580. The Morgan fingerprint density at radius 3 is 2.74 bits per heavy atom. The Morgan fingerprint density at radius 1 is 1.44 bits per heavy atom. The molecule has 2 fully saturated rings. The van der Waals surface area contributed by atoms with E-state index in [4.69, 9.17) is 9.90 Å². The van der Waals surface area contributed by atoms with E-state index < -0.39 is 12.1 Å². The van der Waals surface area contributed by atoms with Crippen molar-refractivity contribution in [2.24, 2.45) is 5.92 Å². The van der Waals surface area contributed by atoms with Gasteiger partial charge < -0.3 is 15.3 Å². The van der Waals surface area contributed by atoms with Gasteiger partial charge in [-0.1, -0.05) is 6.07 Å². The van der Waals surface area contributed by atoms with Crippen LogP contribution in [0.3, 0.4) is 0 Å². The SMILES string of the molecule is N#Cc1cc(N2C[C@H]3CNC[C@H]32)cnc1-c1cccs1.O=C(O)C(F)(F)F. The van der Waals surface area contributed by atoms with Crippen molar-refractivity contribution in [2.45, 2.75) is 12.2 Å². The number of aromatic nitrogens is 1. The summed E-state index contributed by atoms with van der Waals surface area (Å²) >= 11 is 1.62. The molecule has 4 heterocycles. The molecule has 4 rings (SSSR count). The van der Waals surface area contributed by atoms with Crippen LogP contribution in [0.2, 0.25) is 0 Å². The lowest BCUT2D eigenvalue weighted by Gasteiger charge is -2.45. The Kier molecular flexibility index (Phi) is 5.34. The first-order valence-electron chi connectivity index (χ1n) is 8.02. The number of alkyl halides is 3. The molecule has 0 bridgehead atoms. The lowest BCUT2D eigenvalue weighted by Crippen LogP contribution is -2.55. The third kappa shape index (κ3) is 4.04. The number of carboxylic acid groups (broad SMARTS) is 1. The number of pyridine rings is 1. The highest BCUT2D eigenvalue weighted by atomic mass is 32.1. The van der Waals surface area contributed by atoms with E-state index in [9.17, 15) is 18.4 Å². The summed E-state index contributed by atoms with van der Waals surface area (Å²) in [7, 11) is 0. The lowest BCUT2D eigenvalue weighted by molar-refractivity contribution is -0.192. The molecule has 0 amide bonds. The maximum absolute atomic E-state index is 10.6. The molecule has 0 aliphatic carbocycles. The zero-order valence-corrected chi connectivity index (χ0v) is 14.7. The second kappa shape index (κ2) is 7.54. The number of thiophene rings is 1. The quantitative estimate of drug-likeness (QED) is 0.812. The summed E-state index contributed by atoms with van der Waals surface area (Å²) in [6.07, 6.45) is -3.18. The number of hydrogen-bond acceptors (Lipinski definition) is 6. The van der Waals surface area contributed by atoms with Gasteiger partial charge in [-0.05, 0) is 17.5 Å². The first-order valence-corrected chi connectivity index (χ1v) is 8.90. The number of rotatable bonds is 2. The Bertz CT molecular complexity index is 864. The van der Waals surface area contributed by atoms with Crippen molar-refractivity contribution in [2.75, 3.05) is 24.5 Å². The van der Waals surface area contributed by atoms with Crippen LogP contribution in [-0.4, -0.2) is 47.9 Å². The van der Waals surface area contributed by atoms with E-state index >= 15 is 0 Å². The van der Waals surface area contributed by atoms with Gasteiger partial charge >= 0.3 is 12.1 Å². The Balaban J connectivity index is 0.000000260. The van der Waals surface area contributed by atoms with Crippen LogP contribution in [-0.2, 0) is 4.79 Å². The molecule has 2 aromatic rings. The second-order valence-electron chi connectivity index (χ2n) is 6.12. The Labute approximate surface area is 156 Å². The van der Waals surface area contributed by atoms with E-state index in [0.29, 0.717) is 11.6 Å². The highest BCUT2D eigenvalue weighted by molar-refractivity contribution is 7.13. The van der Waals surface area contributed by atoms with Gasteiger partial charge in [0.15, 0.2) is 0 Å². The number of hydrogen-bond donors (Lipinski definition) is 2. The summed E-state index contributed by atoms with van der Waals surface area (Å²) in [5.41, 5.74) is 2.54. The molecule has 2 saturated heterocycles. The van der Waals surface area contributed by atoms with Crippen LogP contribution in [0, 0.1) is 17.2 Å². The average molecular weight is 396 g/mol. The molecule has 0 unspecified atom stereocenters. The van der Waals surface area contributed by atoms with Crippen molar-refractivity contribution in [3.05, 3.63) is 35.3 Å². The minimum Gasteiger partial charge on any atom is -0.475 e. The van der Waals surface area contributed by atoms with Crippen molar-refractivity contribution in [3.8, 4) is 16.6 Å². The Morgan fingerprint density at radius 2 is 2.19 bits per heavy atom. The standard InChI is InChI=1S/C15H14N4S.C2HF3O2/c16-5-10-4-12(19-9-11-6-17-8-13(11)19)7-18-15(10)14-2-1-3-20-14;3-2(4,5)1(6)7/h1-4,7,11,13,17H,6,8-9H2;(H,6,7)/t11-,13-;/m1./s1. The van der Waals surface area contributed by atoms with E-state index in [0.717, 1.165) is 41.8 Å². The van der Waals surface area contributed by atoms with Crippen LogP contribution in [0.4, 0.5) is 18.9 Å².